The number of nitrogens with two attached hydrogens (primary N) is 3. The van der Waals surface area contributed by atoms with Gasteiger partial charge in [0.1, 0.15) is 29.4 Å². The van der Waals surface area contributed by atoms with Crippen molar-refractivity contribution in [3.05, 3.63) is 113 Å². The summed E-state index contributed by atoms with van der Waals surface area (Å²) in [7, 11) is 0. The van der Waals surface area contributed by atoms with Crippen molar-refractivity contribution in [1.82, 2.24) is 24.6 Å². The number of nitrogens with one attached hydrogen (secondary N) is 1. The number of ether oxygens (including phenoxy) is 2. The highest BCUT2D eigenvalue weighted by atomic mass is 19.1. The van der Waals surface area contributed by atoms with Crippen LogP contribution in [-0.2, 0) is 14.3 Å². The maximum absolute atomic E-state index is 16.4. The molecule has 4 aromatic rings. The van der Waals surface area contributed by atoms with Crippen molar-refractivity contribution in [2.24, 2.45) is 17.2 Å². The Morgan fingerprint density at radius 1 is 0.935 bits per heavy atom. The van der Waals surface area contributed by atoms with E-state index in [0.29, 0.717) is 68.5 Å². The number of alkyl halides is 1. The van der Waals surface area contributed by atoms with Gasteiger partial charge in [0, 0.05) is 111 Å². The first-order valence-electron chi connectivity index (χ1n) is 21.5. The number of hydrogen-bond donors (Lipinski definition) is 5. The number of aromatic nitrogens is 1. The number of piperidine rings is 2. The zero-order valence-corrected chi connectivity index (χ0v) is 34.6. The minimum atomic E-state index is -1.37. The molecule has 0 radical (unpaired) electrons. The lowest BCUT2D eigenvalue weighted by molar-refractivity contribution is -0.120. The van der Waals surface area contributed by atoms with E-state index in [2.05, 4.69) is 31.9 Å². The Morgan fingerprint density at radius 3 is 2.42 bits per heavy atom. The Balaban J connectivity index is 0.781. The normalized spacial score (nSPS) is 23.7. The maximum atomic E-state index is 16.4. The van der Waals surface area contributed by atoms with E-state index in [1.807, 2.05) is 30.3 Å². The van der Waals surface area contributed by atoms with E-state index < -0.39 is 11.7 Å². The van der Waals surface area contributed by atoms with Gasteiger partial charge in [0.05, 0.1) is 25.0 Å². The van der Waals surface area contributed by atoms with E-state index >= 15 is 4.39 Å². The highest BCUT2D eigenvalue weighted by molar-refractivity contribution is 6.06. The number of fused-ring (bicyclic) bond motifs is 2. The third kappa shape index (κ3) is 8.29. The predicted molar refractivity (Wildman–Crippen MR) is 232 cm³/mol. The number of anilines is 1. The summed E-state index contributed by atoms with van der Waals surface area (Å²) in [5.41, 5.74) is 22.1. The number of imide groups is 1. The van der Waals surface area contributed by atoms with Gasteiger partial charge in [0.25, 0.3) is 5.91 Å². The Labute approximate surface area is 359 Å². The zero-order chi connectivity index (χ0) is 43.1. The van der Waals surface area contributed by atoms with Crippen molar-refractivity contribution in [3.8, 4) is 5.75 Å². The fourth-order valence-electron chi connectivity index (χ4n) is 9.74. The van der Waals surface area contributed by atoms with Crippen LogP contribution in [0.15, 0.2) is 96.6 Å². The molecule has 6 heterocycles. The van der Waals surface area contributed by atoms with Gasteiger partial charge in [0.15, 0.2) is 0 Å². The minimum absolute atomic E-state index is 0.0440. The van der Waals surface area contributed by atoms with Crippen LogP contribution in [0.4, 0.5) is 14.9 Å². The first-order chi connectivity index (χ1) is 29.9. The number of carbonyl (C=O) groups excluding carboxylic acids is 3. The van der Waals surface area contributed by atoms with Crippen molar-refractivity contribution in [2.45, 2.75) is 62.1 Å². The van der Waals surface area contributed by atoms with Crippen LogP contribution in [0.5, 0.6) is 5.75 Å². The molecular weight excluding hydrogens is 794 g/mol. The lowest BCUT2D eigenvalue weighted by Gasteiger charge is -2.43. The monoisotopic (exact) mass is 847 g/mol. The molecule has 9 rings (SSSR count). The molecule has 5 aliphatic heterocycles. The fourth-order valence-corrected chi connectivity index (χ4v) is 9.74. The number of amides is 4. The van der Waals surface area contributed by atoms with Gasteiger partial charge in [-0.3, -0.25) is 19.8 Å². The Kier molecular flexibility index (Phi) is 11.3. The molecule has 5 aliphatic rings. The van der Waals surface area contributed by atoms with Crippen LogP contribution in [0.3, 0.4) is 0 Å². The number of urea groups is 1. The van der Waals surface area contributed by atoms with Crippen molar-refractivity contribution in [3.63, 3.8) is 0 Å². The van der Waals surface area contributed by atoms with Crippen LogP contribution in [0.25, 0.3) is 16.6 Å². The number of rotatable bonds is 9. The van der Waals surface area contributed by atoms with E-state index in [4.69, 9.17) is 26.7 Å². The zero-order valence-electron chi connectivity index (χ0n) is 34.6. The first kappa shape index (κ1) is 41.3. The number of benzene rings is 3. The Bertz CT molecular complexity index is 2400. The molecule has 0 bridgehead atoms. The number of carbonyl (C=O) groups is 3. The second-order valence-electron chi connectivity index (χ2n) is 17.2. The van der Waals surface area contributed by atoms with Crippen LogP contribution < -0.4 is 27.4 Å². The molecule has 3 atom stereocenters. The molecule has 62 heavy (non-hydrogen) atoms. The standard InChI is InChI=1S/C46H54FN9O6/c47-46(28-52-17-12-32(13-18-52)54-19-11-31-23-33(9-10-36(31)54)55-20-14-42(58)51-45(55)60)15-21-53(22-16-46)44(59)30-7-5-29(6-8-30)40-25-56(38-26-61-27-41(38)62-40)37(43(49)50)24-35(48)34-3-1-2-4-39(34)57/h1-11,19,23-24,32,38,40-41,57H,12-18,20-22,25-28,48-50H2,(H,51,58,60)/b35-24-. The highest BCUT2D eigenvalue weighted by Crippen LogP contribution is 2.37. The van der Waals surface area contributed by atoms with Crippen LogP contribution in [0.2, 0.25) is 0 Å². The van der Waals surface area contributed by atoms with Gasteiger partial charge in [-0.05, 0) is 73.0 Å². The average Bonchev–Trinajstić information content (AvgIpc) is 3.93. The van der Waals surface area contributed by atoms with Crippen LogP contribution >= 0.6 is 0 Å². The fraction of sp³-hybridized carbons (Fsp3) is 0.413. The Morgan fingerprint density at radius 2 is 1.69 bits per heavy atom. The topological polar surface area (TPSA) is 198 Å². The summed E-state index contributed by atoms with van der Waals surface area (Å²) in [5, 5.41) is 13.8. The third-order valence-corrected chi connectivity index (χ3v) is 13.2. The van der Waals surface area contributed by atoms with E-state index in [0.717, 1.165) is 48.1 Å². The molecule has 1 aromatic heterocycles. The lowest BCUT2D eigenvalue weighted by Crippen LogP contribution is -2.51. The van der Waals surface area contributed by atoms with Gasteiger partial charge in [-0.15, -0.1) is 0 Å². The summed E-state index contributed by atoms with van der Waals surface area (Å²) in [6.45, 7) is 4.17. The number of likely N-dealkylation sites (tertiary alicyclic amines) is 2. The second-order valence-corrected chi connectivity index (χ2v) is 17.2. The molecule has 15 nitrogen and oxygen atoms in total. The molecule has 0 aliphatic carbocycles. The number of para-hydroxylation sites is 1. The first-order valence-corrected chi connectivity index (χ1v) is 21.5. The van der Waals surface area contributed by atoms with E-state index in [9.17, 15) is 19.5 Å². The smallest absolute Gasteiger partial charge is 0.328 e. The SMILES string of the molecule is NC(N)=C(/C=C(\N)c1ccccc1O)N1CC(c2ccc(C(=O)N3CCC(F)(CN4CCC(n5ccc6cc(N7CCC(=O)NC7=O)ccc65)CC4)CC3)cc2)OC2COCC21. The molecule has 0 saturated carbocycles. The maximum Gasteiger partial charge on any atom is 0.328 e. The molecule has 4 amide bonds. The number of phenolic OH excluding ortho intramolecular Hbond substituents is 1. The molecule has 5 saturated heterocycles. The lowest BCUT2D eigenvalue weighted by atomic mass is 9.91. The molecular formula is C46H54FN9O6. The van der Waals surface area contributed by atoms with E-state index in [-0.39, 0.29) is 66.9 Å². The molecule has 3 unspecified atom stereocenters. The molecule has 5 fully saturated rings. The number of morpholine rings is 1. The summed E-state index contributed by atoms with van der Waals surface area (Å²) in [6.07, 6.45) is 5.74. The summed E-state index contributed by atoms with van der Waals surface area (Å²) in [6, 6.07) is 21.9. The number of halogens is 1. The van der Waals surface area contributed by atoms with Gasteiger partial charge >= 0.3 is 6.03 Å². The summed E-state index contributed by atoms with van der Waals surface area (Å²) >= 11 is 0. The van der Waals surface area contributed by atoms with Gasteiger partial charge in [-0.1, -0.05) is 24.3 Å². The largest absolute Gasteiger partial charge is 0.507 e. The van der Waals surface area contributed by atoms with Gasteiger partial charge < -0.3 is 51.0 Å². The molecule has 326 valence electrons. The molecule has 8 N–H and O–H groups in total. The number of allylic oxidation sites excluding steroid dienone is 1. The second kappa shape index (κ2) is 17.0. The highest BCUT2D eigenvalue weighted by Gasteiger charge is 2.43. The minimum Gasteiger partial charge on any atom is -0.507 e. The van der Waals surface area contributed by atoms with Crippen LogP contribution in [-0.4, -0.2) is 119 Å². The van der Waals surface area contributed by atoms with Gasteiger partial charge in [-0.2, -0.15) is 0 Å². The van der Waals surface area contributed by atoms with Crippen molar-refractivity contribution in [2.75, 3.05) is 63.9 Å². The van der Waals surface area contributed by atoms with Crippen molar-refractivity contribution < 1.29 is 33.4 Å². The molecule has 16 heteroatoms. The molecule has 0 spiro atoms. The number of nitrogens with zero attached hydrogens (tertiary/aromatic N) is 5. The third-order valence-electron chi connectivity index (χ3n) is 13.2. The summed E-state index contributed by atoms with van der Waals surface area (Å²) in [5.74, 6) is -0.261. The van der Waals surface area contributed by atoms with Crippen molar-refractivity contribution in [1.29, 1.82) is 0 Å². The van der Waals surface area contributed by atoms with E-state index in [1.165, 1.54) is 0 Å². The quantitative estimate of drug-likeness (QED) is 0.151. The predicted octanol–water partition coefficient (Wildman–Crippen LogP) is 4.30. The number of aromatic hydroxyl groups is 1. The summed E-state index contributed by atoms with van der Waals surface area (Å²) < 4.78 is 31.0. The van der Waals surface area contributed by atoms with Gasteiger partial charge in [0.2, 0.25) is 5.91 Å². The van der Waals surface area contributed by atoms with Crippen LogP contribution in [0.1, 0.15) is 65.7 Å². The average molecular weight is 848 g/mol. The van der Waals surface area contributed by atoms with Crippen LogP contribution in [0, 0.1) is 0 Å². The van der Waals surface area contributed by atoms with Crippen molar-refractivity contribution >= 4 is 40.1 Å². The van der Waals surface area contributed by atoms with E-state index in [1.54, 1.807) is 52.3 Å². The molecule has 3 aromatic carbocycles. The number of hydrogen-bond acceptors (Lipinski definition) is 11. The summed E-state index contributed by atoms with van der Waals surface area (Å²) in [4.78, 5) is 45.3. The number of phenols is 1. The van der Waals surface area contributed by atoms with Gasteiger partial charge in [-0.25, -0.2) is 9.18 Å². The Hall–Kier alpha value is -6.10.